The summed E-state index contributed by atoms with van der Waals surface area (Å²) in [5.74, 6) is 0. The molecule has 86 valence electrons. The molecule has 0 aromatic rings. The summed E-state index contributed by atoms with van der Waals surface area (Å²) < 4.78 is 61.0. The summed E-state index contributed by atoms with van der Waals surface area (Å²) >= 11 is 0. The Morgan fingerprint density at radius 2 is 1.33 bits per heavy atom. The fourth-order valence-electron chi connectivity index (χ4n) is 0.712. The fourth-order valence-corrected chi connectivity index (χ4v) is 6.12. The Balaban J connectivity index is 5.00. The predicted octanol–water partition coefficient (Wildman–Crippen LogP) is 0.721. The van der Waals surface area contributed by atoms with E-state index in [0.29, 0.717) is 0 Å². The number of hydrogen-bond acceptors (Lipinski definition) is 3. The Bertz CT molecular complexity index is 290. The van der Waals surface area contributed by atoms with Gasteiger partial charge in [0.15, 0.2) is 0 Å². The van der Waals surface area contributed by atoms with Crippen LogP contribution in [0.4, 0.5) is 13.2 Å². The molecular formula is C5H9F3O3SSi3. The summed E-state index contributed by atoms with van der Waals surface area (Å²) in [6, 6.07) is 0. The molecule has 0 aliphatic heterocycles. The molecule has 0 aromatic carbocycles. The largest absolute Gasteiger partial charge is 0.523 e. The smallest absolute Gasteiger partial charge is 0.268 e. The molecule has 0 aliphatic carbocycles. The Labute approximate surface area is 94.4 Å². The van der Waals surface area contributed by atoms with Crippen molar-refractivity contribution in [2.75, 3.05) is 0 Å². The van der Waals surface area contributed by atoms with E-state index in [1.165, 1.54) is 0 Å². The van der Waals surface area contributed by atoms with E-state index in [9.17, 15) is 21.6 Å². The zero-order valence-electron chi connectivity index (χ0n) is 8.27. The van der Waals surface area contributed by atoms with E-state index in [4.69, 9.17) is 0 Å². The summed E-state index contributed by atoms with van der Waals surface area (Å²) in [7, 11) is -5.49. The second-order valence-electron chi connectivity index (χ2n) is 2.41. The van der Waals surface area contributed by atoms with E-state index in [2.05, 4.69) is 4.18 Å². The highest BCUT2D eigenvalue weighted by Crippen LogP contribution is 2.28. The maximum atomic E-state index is 12.1. The second kappa shape index (κ2) is 5.12. The van der Waals surface area contributed by atoms with Gasteiger partial charge in [0.05, 0.1) is 28.6 Å². The van der Waals surface area contributed by atoms with E-state index < -0.39 is 20.1 Å². The maximum Gasteiger partial charge on any atom is 0.523 e. The van der Waals surface area contributed by atoms with Crippen molar-refractivity contribution in [1.82, 2.24) is 0 Å². The van der Waals surface area contributed by atoms with Crippen molar-refractivity contribution >= 4 is 38.7 Å². The molecule has 0 amide bonds. The molecule has 15 heavy (non-hydrogen) atoms. The third-order valence-corrected chi connectivity index (χ3v) is 9.97. The van der Waals surface area contributed by atoms with Gasteiger partial charge in [0.2, 0.25) is 0 Å². The van der Waals surface area contributed by atoms with Gasteiger partial charge in [-0.2, -0.15) is 21.6 Å². The van der Waals surface area contributed by atoms with Crippen LogP contribution >= 0.6 is 0 Å². The van der Waals surface area contributed by atoms with Gasteiger partial charge in [0.25, 0.3) is 0 Å². The highest BCUT2D eigenvalue weighted by atomic mass is 32.2. The highest BCUT2D eigenvalue weighted by molar-refractivity contribution is 7.87. The zero-order chi connectivity index (χ0) is 12.3. The minimum atomic E-state index is -5.47. The second-order valence-corrected chi connectivity index (χ2v) is 9.06. The van der Waals surface area contributed by atoms with Gasteiger partial charge in [0, 0.05) is 4.47 Å². The number of rotatable bonds is 5. The Morgan fingerprint density at radius 1 is 1.00 bits per heavy atom. The maximum absolute atomic E-state index is 12.1. The van der Waals surface area contributed by atoms with E-state index in [0.717, 1.165) is 0 Å². The molecule has 0 aliphatic rings. The van der Waals surface area contributed by atoms with Crippen molar-refractivity contribution in [3.8, 4) is 0 Å². The van der Waals surface area contributed by atoms with Crippen LogP contribution in [0.2, 0.25) is 19.6 Å². The van der Waals surface area contributed by atoms with Crippen LogP contribution in [-0.4, -0.2) is 47.0 Å². The van der Waals surface area contributed by atoms with Crippen LogP contribution in [0.5, 0.6) is 0 Å². The standard InChI is InChI=1S/C5H9F3O3SSi3/c1-13-5(14-2,15-3)11-12(9,10)4(6,7)8/h1-3H3. The first-order valence-electron chi connectivity index (χ1n) is 3.73. The first-order chi connectivity index (χ1) is 6.64. The fraction of sp³-hybridized carbons (Fsp3) is 1.00. The first kappa shape index (κ1) is 15.4. The van der Waals surface area contributed by atoms with Crippen molar-refractivity contribution in [1.29, 1.82) is 0 Å². The van der Waals surface area contributed by atoms with Crippen molar-refractivity contribution in [3.05, 3.63) is 0 Å². The number of hydrogen-bond donors (Lipinski definition) is 0. The summed E-state index contributed by atoms with van der Waals surface area (Å²) in [5.41, 5.74) is -5.34. The van der Waals surface area contributed by atoms with E-state index in [1.54, 1.807) is 19.6 Å². The topological polar surface area (TPSA) is 43.4 Å². The minimum Gasteiger partial charge on any atom is -0.268 e. The molecule has 0 spiro atoms. The third kappa shape index (κ3) is 3.69. The molecular weight excluding hydrogens is 281 g/mol. The van der Waals surface area contributed by atoms with Gasteiger partial charge in [-0.1, -0.05) is 19.6 Å². The molecule has 0 atom stereocenters. The van der Waals surface area contributed by atoms with E-state index in [-0.39, 0.29) is 28.6 Å². The lowest BCUT2D eigenvalue weighted by Crippen LogP contribution is -2.51. The molecule has 0 fully saturated rings. The monoisotopic (exact) mass is 290 g/mol. The first-order valence-corrected chi connectivity index (χ1v) is 9.63. The molecule has 0 bridgehead atoms. The van der Waals surface area contributed by atoms with Crippen molar-refractivity contribution in [3.63, 3.8) is 0 Å². The lowest BCUT2D eigenvalue weighted by atomic mass is 11.6. The van der Waals surface area contributed by atoms with Crippen molar-refractivity contribution in [2.24, 2.45) is 0 Å². The summed E-state index contributed by atoms with van der Waals surface area (Å²) in [5, 5.41) is 0. The molecule has 0 aromatic heterocycles. The average Bonchev–Trinajstić information content (AvgIpc) is 2.12. The van der Waals surface area contributed by atoms with Gasteiger partial charge in [-0.15, -0.1) is 0 Å². The van der Waals surface area contributed by atoms with Crippen molar-refractivity contribution in [2.45, 2.75) is 29.6 Å². The third-order valence-electron chi connectivity index (χ3n) is 1.57. The van der Waals surface area contributed by atoms with Crippen LogP contribution in [0.15, 0.2) is 0 Å². The quantitative estimate of drug-likeness (QED) is 0.426. The molecule has 0 rings (SSSR count). The molecule has 3 nitrogen and oxygen atoms in total. The Hall–Kier alpha value is 0.351. The van der Waals surface area contributed by atoms with Gasteiger partial charge < -0.3 is 0 Å². The zero-order valence-corrected chi connectivity index (χ0v) is 12.1. The van der Waals surface area contributed by atoms with Gasteiger partial charge in [-0.05, 0) is 0 Å². The number of alkyl halides is 3. The lowest BCUT2D eigenvalue weighted by Gasteiger charge is -2.28. The normalized spacial score (nSPS) is 14.3. The average molecular weight is 290 g/mol. The van der Waals surface area contributed by atoms with Crippen LogP contribution < -0.4 is 0 Å². The predicted molar refractivity (Wildman–Crippen MR) is 53.6 cm³/mol. The summed E-state index contributed by atoms with van der Waals surface area (Å²) in [4.78, 5) is 0. The van der Waals surface area contributed by atoms with Gasteiger partial charge >= 0.3 is 15.6 Å². The highest BCUT2D eigenvalue weighted by Gasteiger charge is 2.50. The molecule has 6 radical (unpaired) electrons. The Morgan fingerprint density at radius 3 is 1.53 bits per heavy atom. The van der Waals surface area contributed by atoms with Crippen LogP contribution in [0.25, 0.3) is 0 Å². The summed E-state index contributed by atoms with van der Waals surface area (Å²) in [6.45, 7) is 4.91. The van der Waals surface area contributed by atoms with Crippen LogP contribution in [-0.2, 0) is 14.3 Å². The summed E-state index contributed by atoms with van der Waals surface area (Å²) in [6.07, 6.45) is 0. The van der Waals surface area contributed by atoms with Crippen LogP contribution in [0, 0.1) is 0 Å². The van der Waals surface area contributed by atoms with Gasteiger partial charge in [0.1, 0.15) is 0 Å². The minimum absolute atomic E-state index is 0.00487. The molecule has 0 heterocycles. The molecule has 0 saturated heterocycles. The van der Waals surface area contributed by atoms with E-state index >= 15 is 0 Å². The van der Waals surface area contributed by atoms with Gasteiger partial charge in [-0.3, -0.25) is 4.18 Å². The van der Waals surface area contributed by atoms with Crippen LogP contribution in [0.3, 0.4) is 0 Å². The van der Waals surface area contributed by atoms with E-state index in [1.807, 2.05) is 0 Å². The lowest BCUT2D eigenvalue weighted by molar-refractivity contribution is -0.0547. The number of halogens is 3. The molecule has 0 saturated carbocycles. The molecule has 0 N–H and O–H groups in total. The van der Waals surface area contributed by atoms with Crippen LogP contribution in [0.1, 0.15) is 0 Å². The van der Waals surface area contributed by atoms with Gasteiger partial charge in [-0.25, -0.2) is 0 Å². The molecule has 0 unspecified atom stereocenters. The molecule has 10 heteroatoms. The Kier molecular flexibility index (Phi) is 5.24. The SMILES string of the molecule is C[Si]C(OS(=O)(=O)C(F)(F)F)([Si]C)[Si]C. The van der Waals surface area contributed by atoms with Crippen molar-refractivity contribution < 1.29 is 25.8 Å².